The maximum absolute atomic E-state index is 13.0. The quantitative estimate of drug-likeness (QED) is 0.635. The molecule has 0 radical (unpaired) electrons. The highest BCUT2D eigenvalue weighted by Gasteiger charge is 2.52. The number of carbonyl (C=O) groups excluding carboxylic acids is 1. The van der Waals surface area contributed by atoms with Gasteiger partial charge in [0, 0.05) is 12.1 Å². The Morgan fingerprint density at radius 2 is 1.73 bits per heavy atom. The summed E-state index contributed by atoms with van der Waals surface area (Å²) in [4.78, 5) is 11.3. The molecule has 8 heteroatoms. The minimum absolute atomic E-state index is 0.170. The van der Waals surface area contributed by atoms with Crippen LogP contribution in [0.1, 0.15) is 49.2 Å². The predicted molar refractivity (Wildman–Crippen MR) is 94.8 cm³/mol. The van der Waals surface area contributed by atoms with Gasteiger partial charge in [0.25, 0.3) is 0 Å². The molecule has 2 rings (SSSR count). The van der Waals surface area contributed by atoms with Crippen LogP contribution in [0.25, 0.3) is 6.08 Å². The van der Waals surface area contributed by atoms with E-state index >= 15 is 0 Å². The van der Waals surface area contributed by atoms with Gasteiger partial charge in [-0.05, 0) is 57.9 Å². The molecule has 0 unspecified atom stereocenters. The molecule has 1 aliphatic heterocycles. The van der Waals surface area contributed by atoms with Gasteiger partial charge in [-0.2, -0.15) is 13.2 Å². The van der Waals surface area contributed by atoms with E-state index < -0.39 is 30.1 Å². The van der Waals surface area contributed by atoms with Crippen molar-refractivity contribution in [2.75, 3.05) is 13.6 Å². The number of hydrogen-bond acceptors (Lipinski definition) is 4. The fourth-order valence-corrected chi connectivity index (χ4v) is 2.58. The van der Waals surface area contributed by atoms with Gasteiger partial charge in [-0.1, -0.05) is 12.1 Å². The molecule has 1 aromatic carbocycles. The summed E-state index contributed by atoms with van der Waals surface area (Å²) < 4.78 is 51.0. The van der Waals surface area contributed by atoms with Gasteiger partial charge in [0.1, 0.15) is 0 Å². The molecular formula is C18H23BF3NO3. The highest BCUT2D eigenvalue weighted by atomic mass is 19.4. The van der Waals surface area contributed by atoms with Crippen LogP contribution in [-0.2, 0) is 15.5 Å². The molecule has 0 bridgehead atoms. The lowest BCUT2D eigenvalue weighted by atomic mass is 9.76. The highest BCUT2D eigenvalue weighted by Crippen LogP contribution is 2.39. The van der Waals surface area contributed by atoms with Crippen LogP contribution in [0.2, 0.25) is 0 Å². The van der Waals surface area contributed by atoms with Gasteiger partial charge in [0.15, 0.2) is 6.29 Å². The predicted octanol–water partition coefficient (Wildman–Crippen LogP) is 3.75. The second kappa shape index (κ2) is 7.17. The Morgan fingerprint density at radius 1 is 1.15 bits per heavy atom. The lowest BCUT2D eigenvalue weighted by Gasteiger charge is -2.32. The average Bonchev–Trinajstić information content (AvgIpc) is 2.74. The summed E-state index contributed by atoms with van der Waals surface area (Å²) in [5.74, 6) is 0. The van der Waals surface area contributed by atoms with Crippen LogP contribution in [0.15, 0.2) is 23.7 Å². The Balaban J connectivity index is 2.48. The molecule has 1 fully saturated rings. The topological polar surface area (TPSA) is 47.6 Å². The number of rotatable bonds is 5. The van der Waals surface area contributed by atoms with Gasteiger partial charge in [0.05, 0.1) is 16.8 Å². The molecule has 4 nitrogen and oxygen atoms in total. The van der Waals surface area contributed by atoms with Crippen LogP contribution >= 0.6 is 0 Å². The molecule has 1 aliphatic rings. The maximum atomic E-state index is 13.0. The molecule has 1 saturated heterocycles. The van der Waals surface area contributed by atoms with Gasteiger partial charge < -0.3 is 14.6 Å². The Morgan fingerprint density at radius 3 is 2.19 bits per heavy atom. The second-order valence-corrected chi connectivity index (χ2v) is 7.30. The zero-order valence-corrected chi connectivity index (χ0v) is 15.5. The first kappa shape index (κ1) is 20.7. The number of halogens is 3. The molecule has 1 N–H and O–H groups in total. The Bertz CT molecular complexity index is 698. The smallest absolute Gasteiger partial charge is 0.400 e. The van der Waals surface area contributed by atoms with E-state index in [2.05, 4.69) is 5.32 Å². The zero-order chi connectivity index (χ0) is 19.8. The van der Waals surface area contributed by atoms with Gasteiger partial charge in [0.2, 0.25) is 0 Å². The molecule has 0 aliphatic carbocycles. The standard InChI is InChI=1S/C18H23BF3NO3/c1-16(2)17(3,4)26-19(25-16)15(10-23-5)9-13-8-14(18(20,21)22)7-6-12(13)11-24/h6-9,11,23H,10H2,1-5H3. The lowest BCUT2D eigenvalue weighted by molar-refractivity contribution is -0.137. The number of carbonyl (C=O) groups is 1. The fraction of sp³-hybridized carbons (Fsp3) is 0.500. The normalized spacial score (nSPS) is 19.7. The molecule has 142 valence electrons. The van der Waals surface area contributed by atoms with E-state index in [1.807, 2.05) is 27.7 Å². The van der Waals surface area contributed by atoms with E-state index in [-0.39, 0.29) is 11.1 Å². The third-order valence-electron chi connectivity index (χ3n) is 4.82. The maximum Gasteiger partial charge on any atom is 0.491 e. The van der Waals surface area contributed by atoms with Crippen molar-refractivity contribution < 1.29 is 27.3 Å². The minimum Gasteiger partial charge on any atom is -0.400 e. The third kappa shape index (κ3) is 4.19. The molecule has 0 amide bonds. The minimum atomic E-state index is -4.49. The van der Waals surface area contributed by atoms with Crippen LogP contribution < -0.4 is 5.32 Å². The number of benzene rings is 1. The molecule has 0 saturated carbocycles. The first-order chi connectivity index (χ1) is 11.9. The number of alkyl halides is 3. The van der Waals surface area contributed by atoms with E-state index in [1.165, 1.54) is 12.1 Å². The molecule has 1 heterocycles. The summed E-state index contributed by atoms with van der Waals surface area (Å²) >= 11 is 0. The number of nitrogens with one attached hydrogen (secondary N) is 1. The average molecular weight is 369 g/mol. The van der Waals surface area contributed by atoms with E-state index in [9.17, 15) is 18.0 Å². The van der Waals surface area contributed by atoms with Crippen LogP contribution in [0, 0.1) is 0 Å². The van der Waals surface area contributed by atoms with Gasteiger partial charge in [-0.3, -0.25) is 4.79 Å². The van der Waals surface area contributed by atoms with Crippen LogP contribution in [0.5, 0.6) is 0 Å². The number of aldehydes is 1. The first-order valence-electron chi connectivity index (χ1n) is 8.28. The van der Waals surface area contributed by atoms with Gasteiger partial charge >= 0.3 is 13.3 Å². The molecule has 0 aromatic heterocycles. The Kier molecular flexibility index (Phi) is 5.70. The van der Waals surface area contributed by atoms with Crippen molar-refractivity contribution in [1.82, 2.24) is 5.32 Å². The second-order valence-electron chi connectivity index (χ2n) is 7.30. The lowest BCUT2D eigenvalue weighted by Crippen LogP contribution is -2.41. The van der Waals surface area contributed by atoms with Gasteiger partial charge in [-0.25, -0.2) is 0 Å². The van der Waals surface area contributed by atoms with Crippen molar-refractivity contribution in [2.45, 2.75) is 45.1 Å². The van der Waals surface area contributed by atoms with Crippen molar-refractivity contribution >= 4 is 19.5 Å². The highest BCUT2D eigenvalue weighted by molar-refractivity contribution is 6.56. The van der Waals surface area contributed by atoms with E-state index in [0.29, 0.717) is 18.3 Å². The van der Waals surface area contributed by atoms with E-state index in [0.717, 1.165) is 12.1 Å². The van der Waals surface area contributed by atoms with Crippen LogP contribution in [0.4, 0.5) is 13.2 Å². The van der Waals surface area contributed by atoms with Crippen LogP contribution in [-0.4, -0.2) is 38.2 Å². The van der Waals surface area contributed by atoms with Crippen LogP contribution in [0.3, 0.4) is 0 Å². The summed E-state index contributed by atoms with van der Waals surface area (Å²) in [5, 5.41) is 2.96. The molecule has 26 heavy (non-hydrogen) atoms. The fourth-order valence-electron chi connectivity index (χ4n) is 2.58. The number of likely N-dealkylation sites (N-methyl/N-ethyl adjacent to an activating group) is 1. The van der Waals surface area contributed by atoms with Crippen molar-refractivity contribution in [3.8, 4) is 0 Å². The van der Waals surface area contributed by atoms with E-state index in [4.69, 9.17) is 9.31 Å². The first-order valence-corrected chi connectivity index (χ1v) is 8.28. The van der Waals surface area contributed by atoms with E-state index in [1.54, 1.807) is 7.05 Å². The summed E-state index contributed by atoms with van der Waals surface area (Å²) in [7, 11) is 0.993. The molecular weight excluding hydrogens is 346 g/mol. The zero-order valence-electron chi connectivity index (χ0n) is 15.5. The summed E-state index contributed by atoms with van der Waals surface area (Å²) in [6.45, 7) is 7.91. The molecule has 0 atom stereocenters. The summed E-state index contributed by atoms with van der Waals surface area (Å²) in [5.41, 5.74) is -1.02. The van der Waals surface area contributed by atoms with Crippen molar-refractivity contribution in [3.05, 3.63) is 40.4 Å². The Hall–Kier alpha value is -1.64. The van der Waals surface area contributed by atoms with Crippen molar-refractivity contribution in [3.63, 3.8) is 0 Å². The van der Waals surface area contributed by atoms with Crippen molar-refractivity contribution in [1.29, 1.82) is 0 Å². The summed E-state index contributed by atoms with van der Waals surface area (Å²) in [6.07, 6.45) is -2.43. The Labute approximate surface area is 151 Å². The van der Waals surface area contributed by atoms with Gasteiger partial charge in [-0.15, -0.1) is 0 Å². The molecule has 0 spiro atoms. The number of hydrogen-bond donors (Lipinski definition) is 1. The SMILES string of the molecule is CNCC(=Cc1cc(C(F)(F)F)ccc1C=O)B1OC(C)(C)C(C)(C)O1. The third-order valence-corrected chi connectivity index (χ3v) is 4.82. The summed E-state index contributed by atoms with van der Waals surface area (Å²) in [6, 6.07) is 3.03. The van der Waals surface area contributed by atoms with Crippen molar-refractivity contribution in [2.24, 2.45) is 0 Å². The monoisotopic (exact) mass is 369 g/mol. The largest absolute Gasteiger partial charge is 0.491 e. The molecule has 1 aromatic rings.